The third-order valence-electron chi connectivity index (χ3n) is 4.20. The second kappa shape index (κ2) is 12.3. The lowest BCUT2D eigenvalue weighted by Gasteiger charge is -2.11. The first-order chi connectivity index (χ1) is 15.1. The van der Waals surface area contributed by atoms with Gasteiger partial charge in [0.2, 0.25) is 0 Å². The Labute approximate surface area is 200 Å². The molecule has 0 N–H and O–H groups in total. The Kier molecular flexibility index (Phi) is 9.43. The molecule has 0 bridgehead atoms. The molecule has 3 aromatic rings. The first kappa shape index (κ1) is 23.8. The highest BCUT2D eigenvalue weighted by Gasteiger charge is 2.17. The van der Waals surface area contributed by atoms with E-state index in [-0.39, 0.29) is 11.1 Å². The molecule has 0 unspecified atom stereocenters. The molecule has 31 heavy (non-hydrogen) atoms. The molecule has 0 saturated heterocycles. The molecule has 0 atom stereocenters. The van der Waals surface area contributed by atoms with Crippen molar-refractivity contribution < 1.29 is 14.2 Å². The Morgan fingerprint density at radius 1 is 1.13 bits per heavy atom. The molecule has 0 amide bonds. The van der Waals surface area contributed by atoms with Gasteiger partial charge in [0.25, 0.3) is 0 Å². The molecular weight excluding hydrogens is 479 g/mol. The van der Waals surface area contributed by atoms with Gasteiger partial charge in [-0.2, -0.15) is 0 Å². The van der Waals surface area contributed by atoms with Gasteiger partial charge in [0, 0.05) is 19.1 Å². The molecule has 5 nitrogen and oxygen atoms in total. The maximum atomic E-state index is 6.37. The van der Waals surface area contributed by atoms with Crippen LogP contribution in [0.15, 0.2) is 53.0 Å². The van der Waals surface area contributed by atoms with E-state index in [2.05, 4.69) is 10.2 Å². The third kappa shape index (κ3) is 7.37. The van der Waals surface area contributed by atoms with Crippen LogP contribution >= 0.6 is 46.1 Å². The van der Waals surface area contributed by atoms with Crippen LogP contribution in [0, 0.1) is 0 Å². The minimum absolute atomic E-state index is 0.140. The van der Waals surface area contributed by atoms with Gasteiger partial charge in [0.05, 0.1) is 24.3 Å². The summed E-state index contributed by atoms with van der Waals surface area (Å²) in [6.07, 6.45) is 3.18. The van der Waals surface area contributed by atoms with Crippen LogP contribution in [0.4, 0.5) is 0 Å². The molecule has 0 fully saturated rings. The summed E-state index contributed by atoms with van der Waals surface area (Å²) in [6.45, 7) is 1.47. The summed E-state index contributed by atoms with van der Waals surface area (Å²) in [5, 5.41) is 10.6. The van der Waals surface area contributed by atoms with Crippen molar-refractivity contribution >= 4 is 46.1 Å². The number of hydrogen-bond donors (Lipinski definition) is 0. The smallest absolute Gasteiger partial charge is 0.151 e. The summed E-state index contributed by atoms with van der Waals surface area (Å²) in [5.74, 6) is 1.08. The van der Waals surface area contributed by atoms with Crippen molar-refractivity contribution in [1.29, 1.82) is 0 Å². The highest BCUT2D eigenvalue weighted by Crippen LogP contribution is 2.40. The van der Waals surface area contributed by atoms with Gasteiger partial charge in [-0.25, -0.2) is 0 Å². The number of hydrogen-bond acceptors (Lipinski definition) is 6. The van der Waals surface area contributed by atoms with E-state index < -0.39 is 0 Å². The number of methoxy groups -OCH3 is 1. The third-order valence-corrected chi connectivity index (χ3v) is 5.80. The van der Waals surface area contributed by atoms with Crippen LogP contribution in [-0.4, -0.2) is 30.5 Å². The fourth-order valence-corrected chi connectivity index (χ4v) is 4.08. The summed E-state index contributed by atoms with van der Waals surface area (Å²) in [4.78, 5) is 0. The van der Waals surface area contributed by atoms with Gasteiger partial charge < -0.3 is 14.2 Å². The second-order valence-electron chi connectivity index (χ2n) is 6.43. The number of ether oxygens (including phenoxy) is 3. The zero-order valence-electron chi connectivity index (χ0n) is 16.8. The molecule has 2 aromatic carbocycles. The minimum atomic E-state index is 0.140. The number of aryl methyl sites for hydroxylation is 1. The molecule has 0 radical (unpaired) electrons. The largest absolute Gasteiger partial charge is 0.494 e. The van der Waals surface area contributed by atoms with E-state index in [4.69, 9.17) is 49.0 Å². The number of nitrogens with zero attached hydrogens (tertiary/aromatic N) is 2. The zero-order chi connectivity index (χ0) is 22.1. The van der Waals surface area contributed by atoms with Gasteiger partial charge in [0.15, 0.2) is 5.01 Å². The van der Waals surface area contributed by atoms with Crippen molar-refractivity contribution in [3.05, 3.63) is 68.6 Å². The Morgan fingerprint density at radius 2 is 1.94 bits per heavy atom. The lowest BCUT2D eigenvalue weighted by molar-refractivity contribution is 0.118. The van der Waals surface area contributed by atoms with Crippen LogP contribution in [0.3, 0.4) is 0 Å². The maximum Gasteiger partial charge on any atom is 0.151 e. The van der Waals surface area contributed by atoms with Crippen molar-refractivity contribution in [2.24, 2.45) is 0 Å². The van der Waals surface area contributed by atoms with Crippen molar-refractivity contribution in [2.75, 3.05) is 20.3 Å². The summed E-state index contributed by atoms with van der Waals surface area (Å²) in [6, 6.07) is 13.6. The fraction of sp³-hybridized carbons (Fsp3) is 0.273. The van der Waals surface area contributed by atoms with Crippen LogP contribution in [0.1, 0.15) is 17.0 Å². The van der Waals surface area contributed by atoms with Crippen LogP contribution in [0.25, 0.3) is 10.6 Å². The number of benzene rings is 2. The van der Waals surface area contributed by atoms with Gasteiger partial charge in [-0.05, 0) is 24.1 Å². The van der Waals surface area contributed by atoms with Crippen LogP contribution < -0.4 is 9.47 Å². The SMILES string of the molecule is COc1c(Cl)cc(OCC=C(Cl)Cl)cc1-c1nnc(CCCOCc2ccccc2)s1. The second-order valence-corrected chi connectivity index (χ2v) is 8.91. The van der Waals surface area contributed by atoms with E-state index in [1.54, 1.807) is 19.3 Å². The van der Waals surface area contributed by atoms with Crippen LogP contribution in [0.5, 0.6) is 11.5 Å². The molecule has 1 aromatic heterocycles. The quantitative estimate of drug-likeness (QED) is 0.274. The average Bonchev–Trinajstić information content (AvgIpc) is 3.22. The minimum Gasteiger partial charge on any atom is -0.494 e. The summed E-state index contributed by atoms with van der Waals surface area (Å²) >= 11 is 19.1. The maximum absolute atomic E-state index is 6.37. The average molecular weight is 500 g/mol. The van der Waals surface area contributed by atoms with Crippen molar-refractivity contribution in [2.45, 2.75) is 19.4 Å². The summed E-state index contributed by atoms with van der Waals surface area (Å²) in [5.41, 5.74) is 1.88. The first-order valence-corrected chi connectivity index (χ1v) is 11.5. The molecular formula is C22H21Cl3N2O3S. The Hall–Kier alpha value is -1.83. The summed E-state index contributed by atoms with van der Waals surface area (Å²) < 4.78 is 17.0. The van der Waals surface area contributed by atoms with Gasteiger partial charge in [-0.15, -0.1) is 10.2 Å². The molecule has 0 aliphatic carbocycles. The molecule has 0 spiro atoms. The van der Waals surface area contributed by atoms with E-state index in [1.165, 1.54) is 11.3 Å². The Morgan fingerprint density at radius 3 is 2.68 bits per heavy atom. The monoisotopic (exact) mass is 498 g/mol. The number of halogens is 3. The number of rotatable bonds is 11. The molecule has 9 heteroatoms. The number of aromatic nitrogens is 2. The van der Waals surface area contributed by atoms with Crippen molar-refractivity contribution in [3.8, 4) is 22.1 Å². The Bertz CT molecular complexity index is 1010. The molecule has 3 rings (SSSR count). The predicted molar refractivity (Wildman–Crippen MR) is 127 cm³/mol. The predicted octanol–water partition coefficient (Wildman–Crippen LogP) is 6.71. The van der Waals surface area contributed by atoms with Gasteiger partial charge >= 0.3 is 0 Å². The molecule has 0 aliphatic rings. The van der Waals surface area contributed by atoms with E-state index in [0.29, 0.717) is 34.7 Å². The van der Waals surface area contributed by atoms with Gasteiger partial charge in [-0.1, -0.05) is 76.5 Å². The normalized spacial score (nSPS) is 10.7. The highest BCUT2D eigenvalue weighted by molar-refractivity contribution is 7.14. The van der Waals surface area contributed by atoms with Crippen molar-refractivity contribution in [3.63, 3.8) is 0 Å². The molecule has 164 valence electrons. The zero-order valence-corrected chi connectivity index (χ0v) is 19.9. The van der Waals surface area contributed by atoms with E-state index in [0.717, 1.165) is 29.0 Å². The molecule has 0 saturated carbocycles. The Balaban J connectivity index is 1.60. The topological polar surface area (TPSA) is 53.5 Å². The van der Waals surface area contributed by atoms with Gasteiger partial charge in [-0.3, -0.25) is 0 Å². The lowest BCUT2D eigenvalue weighted by Crippen LogP contribution is -1.97. The summed E-state index contributed by atoms with van der Waals surface area (Å²) in [7, 11) is 1.56. The first-order valence-electron chi connectivity index (χ1n) is 9.52. The van der Waals surface area contributed by atoms with E-state index in [1.807, 2.05) is 36.4 Å². The van der Waals surface area contributed by atoms with Crippen LogP contribution in [-0.2, 0) is 17.8 Å². The highest BCUT2D eigenvalue weighted by atomic mass is 35.5. The standard InChI is InChI=1S/C22H21Cl3N2O3S/c1-28-21-17(12-16(13-18(21)23)30-11-9-19(24)25)22-27-26-20(31-22)8-5-10-29-14-15-6-3-2-4-7-15/h2-4,6-7,9,12-13H,5,8,10-11,14H2,1H3. The fourth-order valence-electron chi connectivity index (χ4n) is 2.77. The van der Waals surface area contributed by atoms with Crippen LogP contribution in [0.2, 0.25) is 5.02 Å². The van der Waals surface area contributed by atoms with E-state index >= 15 is 0 Å². The molecule has 0 aliphatic heterocycles. The molecule has 1 heterocycles. The lowest BCUT2D eigenvalue weighted by atomic mass is 10.2. The van der Waals surface area contributed by atoms with Crippen molar-refractivity contribution in [1.82, 2.24) is 10.2 Å². The van der Waals surface area contributed by atoms with Gasteiger partial charge in [0.1, 0.15) is 27.6 Å². The van der Waals surface area contributed by atoms with E-state index in [9.17, 15) is 0 Å².